The summed E-state index contributed by atoms with van der Waals surface area (Å²) in [6.07, 6.45) is 0. The van der Waals surface area contributed by atoms with E-state index in [-0.39, 0.29) is 17.3 Å². The van der Waals surface area contributed by atoms with Crippen molar-refractivity contribution >= 4 is 38.9 Å². The smallest absolute Gasteiger partial charge is 0.264 e. The normalized spacial score (nSPS) is 14.0. The van der Waals surface area contributed by atoms with Crippen LogP contribution in [0.2, 0.25) is 5.02 Å². The number of aryl methyl sites for hydroxylation is 1. The average Bonchev–Trinajstić information content (AvgIpc) is 2.87. The number of carbonyl (C=O) groups is 1. The molecule has 0 radical (unpaired) electrons. The van der Waals surface area contributed by atoms with Gasteiger partial charge in [0.2, 0.25) is 5.91 Å². The van der Waals surface area contributed by atoms with Crippen LogP contribution in [0.3, 0.4) is 0 Å². The lowest BCUT2D eigenvalue weighted by Crippen LogP contribution is -2.52. The van der Waals surface area contributed by atoms with E-state index in [0.29, 0.717) is 42.6 Å². The largest absolute Gasteiger partial charge is 0.497 e. The second-order valence-electron chi connectivity index (χ2n) is 8.37. The summed E-state index contributed by atoms with van der Waals surface area (Å²) in [5.41, 5.74) is 2.32. The molecule has 0 saturated carbocycles. The summed E-state index contributed by atoms with van der Waals surface area (Å²) >= 11 is 6.12. The molecule has 0 unspecified atom stereocenters. The SMILES string of the molecule is COc1cccc(N(CC(=O)N2CCN(c3cccc(Cl)c3)CC2)S(=O)(=O)c2ccc(C)cc2)c1. The molecule has 4 rings (SSSR count). The molecule has 1 amide bonds. The minimum atomic E-state index is -3.98. The van der Waals surface area contributed by atoms with Crippen LogP contribution in [0, 0.1) is 6.92 Å². The Labute approximate surface area is 211 Å². The van der Waals surface area contributed by atoms with Gasteiger partial charge in [0.1, 0.15) is 12.3 Å². The first-order valence-electron chi connectivity index (χ1n) is 11.3. The van der Waals surface area contributed by atoms with Crippen LogP contribution in [0.1, 0.15) is 5.56 Å². The molecular weight excluding hydrogens is 486 g/mol. The Morgan fingerprint density at radius 3 is 2.31 bits per heavy atom. The predicted molar refractivity (Wildman–Crippen MR) is 139 cm³/mol. The van der Waals surface area contributed by atoms with Crippen LogP contribution in [-0.2, 0) is 14.8 Å². The maximum absolute atomic E-state index is 13.6. The van der Waals surface area contributed by atoms with Crippen LogP contribution in [0.4, 0.5) is 11.4 Å². The molecule has 0 aliphatic carbocycles. The third kappa shape index (κ3) is 5.71. The van der Waals surface area contributed by atoms with E-state index in [4.69, 9.17) is 16.3 Å². The monoisotopic (exact) mass is 513 g/mol. The summed E-state index contributed by atoms with van der Waals surface area (Å²) in [4.78, 5) is 17.3. The number of piperazine rings is 1. The highest BCUT2D eigenvalue weighted by molar-refractivity contribution is 7.92. The van der Waals surface area contributed by atoms with Crippen molar-refractivity contribution in [2.75, 3.05) is 49.0 Å². The van der Waals surface area contributed by atoms with Crippen molar-refractivity contribution in [3.8, 4) is 5.75 Å². The molecule has 0 N–H and O–H groups in total. The van der Waals surface area contributed by atoms with Gasteiger partial charge in [0.15, 0.2) is 0 Å². The topological polar surface area (TPSA) is 70.2 Å². The Hall–Kier alpha value is -3.23. The average molecular weight is 514 g/mol. The van der Waals surface area contributed by atoms with Crippen molar-refractivity contribution in [1.82, 2.24) is 4.90 Å². The van der Waals surface area contributed by atoms with E-state index in [9.17, 15) is 13.2 Å². The molecule has 0 spiro atoms. The highest BCUT2D eigenvalue weighted by Gasteiger charge is 2.30. The Kier molecular flexibility index (Phi) is 7.52. The molecule has 1 aliphatic heterocycles. The third-order valence-corrected chi connectivity index (χ3v) is 8.06. The standard InChI is InChI=1S/C26H28ClN3O4S/c1-20-9-11-25(12-10-20)35(32,33)30(23-7-4-8-24(18-23)34-2)19-26(31)29-15-13-28(14-16-29)22-6-3-5-21(27)17-22/h3-12,17-18H,13-16,19H2,1-2H3. The van der Waals surface area contributed by atoms with Crippen molar-refractivity contribution in [3.63, 3.8) is 0 Å². The second-order valence-corrected chi connectivity index (χ2v) is 10.7. The fraction of sp³-hybridized carbons (Fsp3) is 0.269. The van der Waals surface area contributed by atoms with Crippen molar-refractivity contribution in [3.05, 3.63) is 83.4 Å². The molecular formula is C26H28ClN3O4S. The number of amides is 1. The zero-order valence-electron chi connectivity index (χ0n) is 19.7. The van der Waals surface area contributed by atoms with Gasteiger partial charge in [-0.2, -0.15) is 0 Å². The lowest BCUT2D eigenvalue weighted by atomic mass is 10.2. The first-order chi connectivity index (χ1) is 16.8. The van der Waals surface area contributed by atoms with Gasteiger partial charge < -0.3 is 14.5 Å². The summed E-state index contributed by atoms with van der Waals surface area (Å²) in [6.45, 7) is 3.83. The third-order valence-electron chi connectivity index (χ3n) is 6.03. The van der Waals surface area contributed by atoms with Gasteiger partial charge in [-0.1, -0.05) is 41.4 Å². The van der Waals surface area contributed by atoms with Crippen molar-refractivity contribution < 1.29 is 17.9 Å². The number of ether oxygens (including phenoxy) is 1. The number of rotatable bonds is 7. The van der Waals surface area contributed by atoms with Gasteiger partial charge in [-0.15, -0.1) is 0 Å². The second kappa shape index (κ2) is 10.6. The Morgan fingerprint density at radius 1 is 0.971 bits per heavy atom. The summed E-state index contributed by atoms with van der Waals surface area (Å²) in [5, 5.41) is 0.663. The lowest BCUT2D eigenvalue weighted by Gasteiger charge is -2.37. The van der Waals surface area contributed by atoms with E-state index >= 15 is 0 Å². The van der Waals surface area contributed by atoms with Crippen LogP contribution >= 0.6 is 11.6 Å². The van der Waals surface area contributed by atoms with Crippen molar-refractivity contribution in [2.24, 2.45) is 0 Å². The summed E-state index contributed by atoms with van der Waals surface area (Å²) < 4.78 is 33.7. The van der Waals surface area contributed by atoms with E-state index in [2.05, 4.69) is 4.90 Å². The number of anilines is 2. The fourth-order valence-electron chi connectivity index (χ4n) is 4.03. The number of carbonyl (C=O) groups excluding carboxylic acids is 1. The molecule has 1 aliphatic rings. The van der Waals surface area contributed by atoms with Crippen molar-refractivity contribution in [1.29, 1.82) is 0 Å². The van der Waals surface area contributed by atoms with Gasteiger partial charge in [0.25, 0.3) is 10.0 Å². The number of sulfonamides is 1. The molecule has 3 aromatic rings. The zero-order chi connectivity index (χ0) is 25.0. The van der Waals surface area contributed by atoms with E-state index in [0.717, 1.165) is 15.6 Å². The molecule has 35 heavy (non-hydrogen) atoms. The van der Waals surface area contributed by atoms with Gasteiger partial charge in [0, 0.05) is 43.0 Å². The Morgan fingerprint density at radius 2 is 1.66 bits per heavy atom. The highest BCUT2D eigenvalue weighted by Crippen LogP contribution is 2.28. The maximum Gasteiger partial charge on any atom is 0.264 e. The number of hydrogen-bond acceptors (Lipinski definition) is 5. The molecule has 0 bridgehead atoms. The molecule has 1 heterocycles. The molecule has 9 heteroatoms. The van der Waals surface area contributed by atoms with E-state index < -0.39 is 10.0 Å². The van der Waals surface area contributed by atoms with Gasteiger partial charge in [-0.3, -0.25) is 9.10 Å². The summed E-state index contributed by atoms with van der Waals surface area (Å²) in [7, 11) is -2.47. The quantitative estimate of drug-likeness (QED) is 0.473. The number of methoxy groups -OCH3 is 1. The maximum atomic E-state index is 13.6. The molecule has 7 nitrogen and oxygen atoms in total. The molecule has 0 aromatic heterocycles. The van der Waals surface area contributed by atoms with E-state index in [1.54, 1.807) is 53.4 Å². The van der Waals surface area contributed by atoms with Crippen LogP contribution in [-0.4, -0.2) is 59.1 Å². The van der Waals surface area contributed by atoms with Crippen LogP contribution < -0.4 is 13.9 Å². The first-order valence-corrected chi connectivity index (χ1v) is 13.1. The molecule has 184 valence electrons. The molecule has 1 fully saturated rings. The summed E-state index contributed by atoms with van der Waals surface area (Å²) in [5.74, 6) is 0.253. The zero-order valence-corrected chi connectivity index (χ0v) is 21.3. The fourth-order valence-corrected chi connectivity index (χ4v) is 5.62. The Balaban J connectivity index is 1.55. The van der Waals surface area contributed by atoms with E-state index in [1.807, 2.05) is 31.2 Å². The van der Waals surface area contributed by atoms with Crippen molar-refractivity contribution in [2.45, 2.75) is 11.8 Å². The van der Waals surface area contributed by atoms with Crippen LogP contribution in [0.5, 0.6) is 5.75 Å². The molecule has 1 saturated heterocycles. The van der Waals surface area contributed by atoms with Gasteiger partial charge >= 0.3 is 0 Å². The Bertz CT molecular complexity index is 1290. The molecule has 3 aromatic carbocycles. The predicted octanol–water partition coefficient (Wildman–Crippen LogP) is 4.20. The number of nitrogens with zero attached hydrogens (tertiary/aromatic N) is 3. The number of halogens is 1. The molecule has 0 atom stereocenters. The van der Waals surface area contributed by atoms with Gasteiger partial charge in [-0.05, 0) is 49.4 Å². The first kappa shape index (κ1) is 24.9. The van der Waals surface area contributed by atoms with Crippen LogP contribution in [0.25, 0.3) is 0 Å². The van der Waals surface area contributed by atoms with Gasteiger partial charge in [-0.25, -0.2) is 8.42 Å². The van der Waals surface area contributed by atoms with Crippen LogP contribution in [0.15, 0.2) is 77.7 Å². The minimum Gasteiger partial charge on any atom is -0.497 e. The van der Waals surface area contributed by atoms with Gasteiger partial charge in [0.05, 0.1) is 17.7 Å². The number of hydrogen-bond donors (Lipinski definition) is 0. The minimum absolute atomic E-state index is 0.129. The number of benzene rings is 3. The highest BCUT2D eigenvalue weighted by atomic mass is 35.5. The van der Waals surface area contributed by atoms with E-state index in [1.165, 1.54) is 7.11 Å². The summed E-state index contributed by atoms with van der Waals surface area (Å²) in [6, 6.07) is 21.0. The lowest BCUT2D eigenvalue weighted by molar-refractivity contribution is -0.129.